The average molecular weight is 228 g/mol. The molecule has 16 heavy (non-hydrogen) atoms. The Morgan fingerprint density at radius 1 is 1.38 bits per heavy atom. The van der Waals surface area contributed by atoms with Crippen LogP contribution in [-0.2, 0) is 23.8 Å². The van der Waals surface area contributed by atoms with Crippen LogP contribution in [0, 0.1) is 0 Å². The number of epoxide rings is 1. The lowest BCUT2D eigenvalue weighted by Crippen LogP contribution is -2.29. The molecular formula is C11H16O5. The van der Waals surface area contributed by atoms with Crippen LogP contribution in [0.25, 0.3) is 0 Å². The molecule has 4 atom stereocenters. The highest BCUT2D eigenvalue weighted by molar-refractivity contribution is 5.95. The summed E-state index contributed by atoms with van der Waals surface area (Å²) in [6.07, 6.45) is 0.334. The highest BCUT2D eigenvalue weighted by Crippen LogP contribution is 2.33. The number of hydrogen-bond donors (Lipinski definition) is 0. The van der Waals surface area contributed by atoms with Crippen LogP contribution in [0.15, 0.2) is 0 Å². The number of hydrogen-bond acceptors (Lipinski definition) is 5. The Morgan fingerprint density at radius 2 is 2.12 bits per heavy atom. The first-order chi connectivity index (χ1) is 7.60. The van der Waals surface area contributed by atoms with E-state index < -0.39 is 5.97 Å². The summed E-state index contributed by atoms with van der Waals surface area (Å²) < 4.78 is 15.7. The van der Waals surface area contributed by atoms with Gasteiger partial charge in [-0.25, -0.2) is 0 Å². The van der Waals surface area contributed by atoms with E-state index in [2.05, 4.69) is 0 Å². The normalized spacial score (nSPS) is 39.9. The van der Waals surface area contributed by atoms with Gasteiger partial charge in [0.05, 0.1) is 12.2 Å². The minimum absolute atomic E-state index is 0.0202. The van der Waals surface area contributed by atoms with Gasteiger partial charge in [-0.3, -0.25) is 9.59 Å². The average Bonchev–Trinajstić information content (AvgIpc) is 2.91. The van der Waals surface area contributed by atoms with Gasteiger partial charge in [0.25, 0.3) is 0 Å². The molecule has 1 unspecified atom stereocenters. The molecule has 0 aromatic carbocycles. The van der Waals surface area contributed by atoms with Crippen LogP contribution in [0.3, 0.4) is 0 Å². The van der Waals surface area contributed by atoms with Crippen LogP contribution in [0.1, 0.15) is 26.2 Å². The van der Waals surface area contributed by atoms with Crippen molar-refractivity contribution in [3.8, 4) is 0 Å². The summed E-state index contributed by atoms with van der Waals surface area (Å²) in [6, 6.07) is 0. The van der Waals surface area contributed by atoms with Crippen molar-refractivity contribution in [3.05, 3.63) is 0 Å². The van der Waals surface area contributed by atoms with E-state index in [1.165, 1.54) is 0 Å². The molecule has 0 N–H and O–H groups in total. The fourth-order valence-corrected chi connectivity index (χ4v) is 2.11. The van der Waals surface area contributed by atoms with Crippen molar-refractivity contribution in [1.29, 1.82) is 0 Å². The Morgan fingerprint density at radius 3 is 2.81 bits per heavy atom. The fraction of sp³-hybridized carbons (Fsp3) is 0.818. The summed E-state index contributed by atoms with van der Waals surface area (Å²) in [7, 11) is 1.56. The minimum Gasteiger partial charge on any atom is -0.462 e. The molecule has 5 nitrogen and oxygen atoms in total. The van der Waals surface area contributed by atoms with Gasteiger partial charge in [-0.15, -0.1) is 0 Å². The molecule has 2 aliphatic heterocycles. The molecule has 2 aliphatic rings. The van der Waals surface area contributed by atoms with Gasteiger partial charge in [0, 0.05) is 20.0 Å². The largest absolute Gasteiger partial charge is 0.462 e. The maximum Gasteiger partial charge on any atom is 0.313 e. The molecule has 2 fully saturated rings. The van der Waals surface area contributed by atoms with Crippen molar-refractivity contribution in [2.24, 2.45) is 0 Å². The van der Waals surface area contributed by atoms with Crippen molar-refractivity contribution in [3.63, 3.8) is 0 Å². The third-order valence-electron chi connectivity index (χ3n) is 2.96. The van der Waals surface area contributed by atoms with E-state index in [1.807, 2.05) is 6.92 Å². The summed E-state index contributed by atoms with van der Waals surface area (Å²) in [5.41, 5.74) is 0. The lowest BCUT2D eigenvalue weighted by atomic mass is 10.0. The van der Waals surface area contributed by atoms with Crippen LogP contribution < -0.4 is 0 Å². The Bertz CT molecular complexity index is 301. The topological polar surface area (TPSA) is 65.1 Å². The zero-order valence-corrected chi connectivity index (χ0v) is 9.47. The van der Waals surface area contributed by atoms with Crippen LogP contribution in [-0.4, -0.2) is 43.3 Å². The Balaban J connectivity index is 2.04. The SMILES string of the molecule is COC1CC(=O)CC(=O)O[C@H](C)C[C@@H]2O[C@H]12. The first-order valence-corrected chi connectivity index (χ1v) is 5.49. The van der Waals surface area contributed by atoms with Crippen molar-refractivity contribution < 1.29 is 23.8 Å². The highest BCUT2D eigenvalue weighted by Gasteiger charge is 2.47. The zero-order valence-electron chi connectivity index (χ0n) is 9.47. The molecule has 0 amide bonds. The van der Waals surface area contributed by atoms with Crippen molar-refractivity contribution in [2.75, 3.05) is 7.11 Å². The lowest BCUT2D eigenvalue weighted by Gasteiger charge is -2.16. The van der Waals surface area contributed by atoms with Gasteiger partial charge >= 0.3 is 5.97 Å². The number of rotatable bonds is 1. The predicted octanol–water partition coefficient (Wildman–Crippen LogP) is 0.453. The first-order valence-electron chi connectivity index (χ1n) is 5.49. The third-order valence-corrected chi connectivity index (χ3v) is 2.96. The van der Waals surface area contributed by atoms with E-state index in [1.54, 1.807) is 7.11 Å². The molecule has 0 spiro atoms. The molecule has 0 aromatic rings. The van der Waals surface area contributed by atoms with Crippen molar-refractivity contribution >= 4 is 11.8 Å². The van der Waals surface area contributed by atoms with E-state index in [0.29, 0.717) is 6.42 Å². The number of ketones is 1. The summed E-state index contributed by atoms with van der Waals surface area (Å²) in [4.78, 5) is 22.8. The van der Waals surface area contributed by atoms with Gasteiger partial charge in [0.15, 0.2) is 0 Å². The van der Waals surface area contributed by atoms with E-state index in [4.69, 9.17) is 14.2 Å². The van der Waals surface area contributed by atoms with Gasteiger partial charge < -0.3 is 14.2 Å². The van der Waals surface area contributed by atoms with Crippen molar-refractivity contribution in [2.45, 2.75) is 50.6 Å². The molecule has 0 radical (unpaired) electrons. The molecule has 0 aromatic heterocycles. The maximum atomic E-state index is 11.5. The van der Waals surface area contributed by atoms with E-state index in [-0.39, 0.29) is 43.0 Å². The molecule has 0 bridgehead atoms. The predicted molar refractivity (Wildman–Crippen MR) is 53.9 cm³/mol. The first kappa shape index (κ1) is 11.5. The minimum atomic E-state index is -0.452. The van der Waals surface area contributed by atoms with Crippen molar-refractivity contribution in [1.82, 2.24) is 0 Å². The number of esters is 1. The number of Topliss-reactive ketones (excluding diaryl/α,β-unsaturated/α-hetero) is 1. The van der Waals surface area contributed by atoms with Gasteiger partial charge in [-0.1, -0.05) is 0 Å². The quantitative estimate of drug-likeness (QED) is 0.370. The molecule has 2 heterocycles. The second kappa shape index (κ2) is 4.51. The Labute approximate surface area is 94.0 Å². The Hall–Kier alpha value is -0.940. The second-order valence-corrected chi connectivity index (χ2v) is 4.37. The fourth-order valence-electron chi connectivity index (χ4n) is 2.11. The lowest BCUT2D eigenvalue weighted by molar-refractivity contribution is -0.151. The molecule has 90 valence electrons. The molecule has 5 heteroatoms. The maximum absolute atomic E-state index is 11.5. The number of carbonyl (C=O) groups excluding carboxylic acids is 2. The second-order valence-electron chi connectivity index (χ2n) is 4.37. The van der Waals surface area contributed by atoms with Gasteiger partial charge in [0.2, 0.25) is 0 Å². The van der Waals surface area contributed by atoms with E-state index >= 15 is 0 Å². The number of carbonyl (C=O) groups is 2. The number of fused-ring (bicyclic) bond motifs is 1. The highest BCUT2D eigenvalue weighted by atomic mass is 16.6. The summed E-state index contributed by atoms with van der Waals surface area (Å²) >= 11 is 0. The molecule has 0 aliphatic carbocycles. The van der Waals surface area contributed by atoms with Gasteiger partial charge in [-0.2, -0.15) is 0 Å². The molecule has 2 saturated heterocycles. The van der Waals surface area contributed by atoms with Crippen LogP contribution in [0.5, 0.6) is 0 Å². The molecular weight excluding hydrogens is 212 g/mol. The van der Waals surface area contributed by atoms with Crippen LogP contribution >= 0.6 is 0 Å². The molecule has 0 saturated carbocycles. The molecule has 2 rings (SSSR count). The van der Waals surface area contributed by atoms with E-state index in [0.717, 1.165) is 0 Å². The van der Waals surface area contributed by atoms with Gasteiger partial charge in [-0.05, 0) is 6.92 Å². The smallest absolute Gasteiger partial charge is 0.313 e. The van der Waals surface area contributed by atoms with Crippen LogP contribution in [0.4, 0.5) is 0 Å². The van der Waals surface area contributed by atoms with E-state index in [9.17, 15) is 9.59 Å². The monoisotopic (exact) mass is 228 g/mol. The number of methoxy groups -OCH3 is 1. The summed E-state index contributed by atoms with van der Waals surface area (Å²) in [5.74, 6) is -0.605. The van der Waals surface area contributed by atoms with Gasteiger partial charge in [0.1, 0.15) is 24.4 Å². The number of cyclic esters (lactones) is 1. The Kier molecular flexibility index (Phi) is 3.25. The summed E-state index contributed by atoms with van der Waals surface area (Å²) in [6.45, 7) is 1.81. The third kappa shape index (κ3) is 2.59. The zero-order chi connectivity index (χ0) is 11.7. The standard InChI is InChI=1S/C11H16O5/c1-6-3-9-11(16-9)8(14-2)4-7(12)5-10(13)15-6/h6,8-9,11H,3-5H2,1-2H3/t6-,8?,9+,11-/m1/s1. The number of ether oxygens (including phenoxy) is 3. The van der Waals surface area contributed by atoms with Crippen LogP contribution in [0.2, 0.25) is 0 Å². The summed E-state index contributed by atoms with van der Waals surface area (Å²) in [5, 5.41) is 0.